The predicted octanol–water partition coefficient (Wildman–Crippen LogP) is 5.81. The maximum absolute atomic E-state index is 11.3. The van der Waals surface area contributed by atoms with E-state index in [-0.39, 0.29) is 12.3 Å². The largest absolute Gasteiger partial charge is 0.486 e. The number of aliphatic carboxylic acids is 1. The lowest BCUT2D eigenvalue weighted by Gasteiger charge is -2.23. The molecular weight excluding hydrogens is 352 g/mol. The summed E-state index contributed by atoms with van der Waals surface area (Å²) in [5.41, 5.74) is 3.75. The Hall–Kier alpha value is -2.75. The van der Waals surface area contributed by atoms with E-state index in [1.807, 2.05) is 32.0 Å². The van der Waals surface area contributed by atoms with Crippen molar-refractivity contribution in [1.82, 2.24) is 0 Å². The summed E-state index contributed by atoms with van der Waals surface area (Å²) in [6.45, 7) is 11.0. The van der Waals surface area contributed by atoms with Gasteiger partial charge in [0.25, 0.3) is 0 Å². The highest BCUT2D eigenvalue weighted by molar-refractivity contribution is 5.82. The molecular formula is C24H30O4. The molecule has 1 aromatic rings. The number of carboxylic acids is 1. The molecule has 150 valence electrons. The molecule has 0 saturated carbocycles. The maximum atomic E-state index is 11.3. The number of para-hydroxylation sites is 1. The number of rotatable bonds is 4. The molecule has 1 aliphatic heterocycles. The first-order valence-corrected chi connectivity index (χ1v) is 9.94. The average molecular weight is 383 g/mol. The molecule has 3 rings (SSSR count). The molecule has 1 N–H and O–H groups in total. The highest BCUT2D eigenvalue weighted by atomic mass is 16.6. The van der Waals surface area contributed by atoms with Crippen molar-refractivity contribution in [1.29, 1.82) is 0 Å². The Balaban J connectivity index is 0.00000136. The Kier molecular flexibility index (Phi) is 8.12. The van der Waals surface area contributed by atoms with Gasteiger partial charge in [-0.3, -0.25) is 4.79 Å². The fourth-order valence-corrected chi connectivity index (χ4v) is 3.40. The van der Waals surface area contributed by atoms with Crippen molar-refractivity contribution < 1.29 is 19.4 Å². The van der Waals surface area contributed by atoms with E-state index in [1.54, 1.807) is 6.08 Å². The minimum atomic E-state index is -0.846. The molecule has 0 bridgehead atoms. The van der Waals surface area contributed by atoms with Gasteiger partial charge in [-0.2, -0.15) is 0 Å². The number of hydrogen-bond acceptors (Lipinski definition) is 3. The third-order valence-electron chi connectivity index (χ3n) is 4.74. The van der Waals surface area contributed by atoms with Gasteiger partial charge in [0.05, 0.1) is 6.42 Å². The first-order chi connectivity index (χ1) is 13.6. The van der Waals surface area contributed by atoms with E-state index in [1.165, 1.54) is 0 Å². The zero-order valence-corrected chi connectivity index (χ0v) is 17.0. The fraction of sp³-hybridized carbons (Fsp3) is 0.375. The highest BCUT2D eigenvalue weighted by Crippen LogP contribution is 2.40. The van der Waals surface area contributed by atoms with Crippen molar-refractivity contribution in [3.63, 3.8) is 0 Å². The number of carboxylic acid groups (broad SMARTS) is 1. The summed E-state index contributed by atoms with van der Waals surface area (Å²) in [7, 11) is 0. The highest BCUT2D eigenvalue weighted by Gasteiger charge is 2.20. The van der Waals surface area contributed by atoms with Crippen molar-refractivity contribution >= 4 is 11.5 Å². The molecule has 1 atom stereocenters. The Morgan fingerprint density at radius 1 is 1.29 bits per heavy atom. The molecule has 1 aliphatic carbocycles. The van der Waals surface area contributed by atoms with Gasteiger partial charge >= 0.3 is 5.97 Å². The van der Waals surface area contributed by atoms with Crippen LogP contribution in [-0.4, -0.2) is 24.3 Å². The van der Waals surface area contributed by atoms with Crippen LogP contribution in [0, 0.1) is 5.92 Å². The standard InChI is InChI=1S/C22H24O4.C2H6/c1-3-16(14-21(23)24)19-13-17(8-5-4-7-15(19)2)18-9-6-10-20-22(18)26-12-11-25-20;1-2/h3,5-6,8-10,13,15H,1,4,7,11-12,14H2,2H3,(H,23,24);1-2H3/b8-5-,17-13+,19-16+;. The summed E-state index contributed by atoms with van der Waals surface area (Å²) in [5, 5.41) is 9.25. The Morgan fingerprint density at radius 3 is 2.75 bits per heavy atom. The fourth-order valence-electron chi connectivity index (χ4n) is 3.40. The molecule has 1 unspecified atom stereocenters. The van der Waals surface area contributed by atoms with Crippen LogP contribution in [0.2, 0.25) is 0 Å². The van der Waals surface area contributed by atoms with Crippen LogP contribution in [0.3, 0.4) is 0 Å². The van der Waals surface area contributed by atoms with Gasteiger partial charge in [0.2, 0.25) is 0 Å². The summed E-state index contributed by atoms with van der Waals surface area (Å²) in [4.78, 5) is 11.3. The zero-order chi connectivity index (χ0) is 20.5. The number of carbonyl (C=O) groups is 1. The lowest BCUT2D eigenvalue weighted by Crippen LogP contribution is -2.16. The molecule has 28 heavy (non-hydrogen) atoms. The van der Waals surface area contributed by atoms with Crippen molar-refractivity contribution in [3.05, 3.63) is 65.8 Å². The Labute approximate surface area is 167 Å². The van der Waals surface area contributed by atoms with Gasteiger partial charge in [-0.15, -0.1) is 0 Å². The molecule has 0 radical (unpaired) electrons. The molecule has 2 aliphatic rings. The third kappa shape index (κ3) is 5.16. The van der Waals surface area contributed by atoms with E-state index in [0.717, 1.165) is 46.6 Å². The number of fused-ring (bicyclic) bond motifs is 1. The molecule has 0 fully saturated rings. The van der Waals surface area contributed by atoms with E-state index in [2.05, 4.69) is 31.7 Å². The summed E-state index contributed by atoms with van der Waals surface area (Å²) in [6, 6.07) is 5.87. The lowest BCUT2D eigenvalue weighted by atomic mass is 9.86. The monoisotopic (exact) mass is 382 g/mol. The Morgan fingerprint density at radius 2 is 2.04 bits per heavy atom. The Bertz CT molecular complexity index is 799. The zero-order valence-electron chi connectivity index (χ0n) is 17.0. The molecule has 0 aromatic heterocycles. The van der Waals surface area contributed by atoms with Crippen molar-refractivity contribution in [2.24, 2.45) is 5.92 Å². The second kappa shape index (κ2) is 10.5. The van der Waals surface area contributed by atoms with Crippen LogP contribution in [-0.2, 0) is 4.79 Å². The molecule has 0 amide bonds. The van der Waals surface area contributed by atoms with Crippen LogP contribution < -0.4 is 9.47 Å². The summed E-state index contributed by atoms with van der Waals surface area (Å²) in [6.07, 6.45) is 9.87. The summed E-state index contributed by atoms with van der Waals surface area (Å²) >= 11 is 0. The number of allylic oxidation sites excluding steroid dienone is 6. The molecule has 0 saturated heterocycles. The van der Waals surface area contributed by atoms with Gasteiger partial charge < -0.3 is 14.6 Å². The lowest BCUT2D eigenvalue weighted by molar-refractivity contribution is -0.136. The van der Waals surface area contributed by atoms with Crippen LogP contribution in [0.5, 0.6) is 11.5 Å². The first-order valence-electron chi connectivity index (χ1n) is 9.94. The second-order valence-electron chi connectivity index (χ2n) is 6.57. The summed E-state index contributed by atoms with van der Waals surface area (Å²) < 4.78 is 11.6. The van der Waals surface area contributed by atoms with Crippen LogP contribution in [0.15, 0.2) is 60.2 Å². The molecule has 4 nitrogen and oxygen atoms in total. The van der Waals surface area contributed by atoms with Gasteiger partial charge in [0.1, 0.15) is 13.2 Å². The molecule has 1 heterocycles. The third-order valence-corrected chi connectivity index (χ3v) is 4.74. The molecule has 0 spiro atoms. The number of ether oxygens (including phenoxy) is 2. The van der Waals surface area contributed by atoms with Crippen LogP contribution >= 0.6 is 0 Å². The number of benzene rings is 1. The topological polar surface area (TPSA) is 55.8 Å². The molecule has 4 heteroatoms. The van der Waals surface area contributed by atoms with E-state index in [4.69, 9.17) is 9.47 Å². The smallest absolute Gasteiger partial charge is 0.307 e. The minimum absolute atomic E-state index is 0.0246. The van der Waals surface area contributed by atoms with Crippen molar-refractivity contribution in [3.8, 4) is 11.5 Å². The SMILES string of the molecule is C=C/C(CC(=O)O)=C1/C=C(c2cccc3c2OCCO3)\C=C/CCC1C.CC. The van der Waals surface area contributed by atoms with Crippen molar-refractivity contribution in [2.75, 3.05) is 13.2 Å². The van der Waals surface area contributed by atoms with E-state index in [9.17, 15) is 9.90 Å². The van der Waals surface area contributed by atoms with Gasteiger partial charge in [-0.05, 0) is 41.5 Å². The first kappa shape index (κ1) is 21.5. The minimum Gasteiger partial charge on any atom is -0.486 e. The van der Waals surface area contributed by atoms with Gasteiger partial charge in [-0.1, -0.05) is 63.8 Å². The predicted molar refractivity (Wildman–Crippen MR) is 114 cm³/mol. The van der Waals surface area contributed by atoms with Gasteiger partial charge in [0.15, 0.2) is 11.5 Å². The second-order valence-corrected chi connectivity index (χ2v) is 6.57. The van der Waals surface area contributed by atoms with E-state index >= 15 is 0 Å². The van der Waals surface area contributed by atoms with E-state index in [0.29, 0.717) is 13.2 Å². The summed E-state index contributed by atoms with van der Waals surface area (Å²) in [5.74, 6) is 0.902. The van der Waals surface area contributed by atoms with Crippen LogP contribution in [0.25, 0.3) is 5.57 Å². The normalized spacial score (nSPS) is 23.0. The van der Waals surface area contributed by atoms with Crippen LogP contribution in [0.4, 0.5) is 0 Å². The van der Waals surface area contributed by atoms with Crippen LogP contribution in [0.1, 0.15) is 45.6 Å². The van der Waals surface area contributed by atoms with Crippen molar-refractivity contribution in [2.45, 2.75) is 40.0 Å². The molecule has 1 aromatic carbocycles. The van der Waals surface area contributed by atoms with E-state index < -0.39 is 5.97 Å². The number of hydrogen-bond donors (Lipinski definition) is 1. The van der Waals surface area contributed by atoms with Gasteiger partial charge in [0, 0.05) is 5.56 Å². The average Bonchev–Trinajstić information content (AvgIpc) is 2.71. The quantitative estimate of drug-likeness (QED) is 0.714. The van der Waals surface area contributed by atoms with Gasteiger partial charge in [-0.25, -0.2) is 0 Å². The maximum Gasteiger partial charge on any atom is 0.307 e.